The number of thiol groups is 1. The largest absolute Gasteiger partial charge is 0.480 e. The minimum absolute atomic E-state index is 0.0179. The molecule has 39 heavy (non-hydrogen) atoms. The molecule has 0 aliphatic carbocycles. The molecular formula is C26H35N7O5S. The van der Waals surface area contributed by atoms with Gasteiger partial charge in [-0.2, -0.15) is 12.6 Å². The van der Waals surface area contributed by atoms with Crippen molar-refractivity contribution in [1.29, 1.82) is 0 Å². The van der Waals surface area contributed by atoms with Crippen molar-refractivity contribution in [2.75, 3.05) is 5.75 Å². The second-order valence-corrected chi connectivity index (χ2v) is 10.2. The predicted molar refractivity (Wildman–Crippen MR) is 149 cm³/mol. The number of aromatic amines is 2. The maximum Gasteiger partial charge on any atom is 0.326 e. The number of benzene rings is 1. The van der Waals surface area contributed by atoms with Gasteiger partial charge in [0.25, 0.3) is 0 Å². The van der Waals surface area contributed by atoms with Gasteiger partial charge < -0.3 is 36.8 Å². The molecular weight excluding hydrogens is 522 g/mol. The lowest BCUT2D eigenvalue weighted by Crippen LogP contribution is -2.58. The first-order chi connectivity index (χ1) is 18.6. The summed E-state index contributed by atoms with van der Waals surface area (Å²) in [5.74, 6) is -3.09. The smallest absolute Gasteiger partial charge is 0.326 e. The molecule has 4 atom stereocenters. The summed E-state index contributed by atoms with van der Waals surface area (Å²) < 4.78 is 0. The Kier molecular flexibility index (Phi) is 10.5. The number of nitrogens with two attached hydrogens (primary N) is 1. The SMILES string of the molecule is CC(C)CC(NC(=O)C(Cc1cnc[nH]1)NC(=O)C(CS)NC(=O)C(N)Cc1c[nH]c2ccccc12)C(=O)O. The summed E-state index contributed by atoms with van der Waals surface area (Å²) in [7, 11) is 0. The number of carbonyl (C=O) groups is 4. The molecule has 12 nitrogen and oxygen atoms in total. The molecule has 2 heterocycles. The highest BCUT2D eigenvalue weighted by molar-refractivity contribution is 7.80. The number of para-hydroxylation sites is 1. The van der Waals surface area contributed by atoms with E-state index in [1.54, 1.807) is 6.20 Å². The average molecular weight is 558 g/mol. The Bertz CT molecular complexity index is 1280. The van der Waals surface area contributed by atoms with Gasteiger partial charge in [-0.05, 0) is 30.4 Å². The van der Waals surface area contributed by atoms with Gasteiger partial charge in [0.1, 0.15) is 18.1 Å². The Morgan fingerprint density at radius 2 is 1.64 bits per heavy atom. The molecule has 0 aliphatic heterocycles. The van der Waals surface area contributed by atoms with Crippen molar-refractivity contribution in [2.24, 2.45) is 11.7 Å². The second-order valence-electron chi connectivity index (χ2n) is 9.78. The number of hydrogen-bond donors (Lipinski definition) is 8. The fraction of sp³-hybridized carbons (Fsp3) is 0.423. The van der Waals surface area contributed by atoms with Gasteiger partial charge in [0.05, 0.1) is 12.4 Å². The molecule has 210 valence electrons. The van der Waals surface area contributed by atoms with Crippen molar-refractivity contribution in [3.8, 4) is 0 Å². The van der Waals surface area contributed by atoms with Gasteiger partial charge in [0.15, 0.2) is 0 Å². The molecule has 0 fully saturated rings. The summed E-state index contributed by atoms with van der Waals surface area (Å²) in [4.78, 5) is 60.7. The van der Waals surface area contributed by atoms with Gasteiger partial charge in [-0.3, -0.25) is 14.4 Å². The Hall–Kier alpha value is -3.84. The highest BCUT2D eigenvalue weighted by Crippen LogP contribution is 2.18. The minimum atomic E-state index is -1.17. The van der Waals surface area contributed by atoms with Gasteiger partial charge in [0.2, 0.25) is 17.7 Å². The standard InChI is InChI=1S/C26H35N7O5S/c1-14(2)7-21(26(37)38)32-24(35)20(9-16-11-28-13-30-16)31-25(36)22(12-39)33-23(34)18(27)8-15-10-29-19-6-4-3-5-17(15)19/h3-6,10-11,13-14,18,20-22,29,39H,7-9,12,27H2,1-2H3,(H,28,30)(H,31,36)(H,32,35)(H,33,34)(H,37,38). The average Bonchev–Trinajstić information content (AvgIpc) is 3.56. The van der Waals surface area contributed by atoms with Crippen LogP contribution >= 0.6 is 12.6 Å². The van der Waals surface area contributed by atoms with E-state index in [2.05, 4.69) is 43.5 Å². The topological polar surface area (TPSA) is 195 Å². The van der Waals surface area contributed by atoms with E-state index in [0.717, 1.165) is 16.5 Å². The maximum atomic E-state index is 13.1. The molecule has 0 bridgehead atoms. The highest BCUT2D eigenvalue weighted by atomic mass is 32.1. The van der Waals surface area contributed by atoms with Crippen molar-refractivity contribution < 1.29 is 24.3 Å². The fourth-order valence-corrected chi connectivity index (χ4v) is 4.42. The molecule has 0 radical (unpaired) electrons. The molecule has 0 aliphatic rings. The number of carbonyl (C=O) groups excluding carboxylic acids is 3. The molecule has 3 aromatic rings. The molecule has 3 rings (SSSR count). The van der Waals surface area contributed by atoms with E-state index in [4.69, 9.17) is 5.73 Å². The fourth-order valence-electron chi connectivity index (χ4n) is 4.17. The van der Waals surface area contributed by atoms with Crippen molar-refractivity contribution in [3.63, 3.8) is 0 Å². The molecule has 0 saturated heterocycles. The maximum absolute atomic E-state index is 13.1. The minimum Gasteiger partial charge on any atom is -0.480 e. The molecule has 0 spiro atoms. The number of fused-ring (bicyclic) bond motifs is 1. The molecule has 13 heteroatoms. The Morgan fingerprint density at radius 1 is 0.974 bits per heavy atom. The number of H-pyrrole nitrogens is 2. The van der Waals surface area contributed by atoms with Crippen LogP contribution in [0.15, 0.2) is 43.0 Å². The first-order valence-electron chi connectivity index (χ1n) is 12.6. The third-order valence-corrected chi connectivity index (χ3v) is 6.57. The van der Waals surface area contributed by atoms with Crippen LogP contribution in [0.2, 0.25) is 0 Å². The lowest BCUT2D eigenvalue weighted by Gasteiger charge is -2.25. The molecule has 0 saturated carbocycles. The number of amides is 3. The summed E-state index contributed by atoms with van der Waals surface area (Å²) in [6.07, 6.45) is 5.21. The zero-order valence-corrected chi connectivity index (χ0v) is 22.7. The number of hydrogen-bond acceptors (Lipinski definition) is 7. The predicted octanol–water partition coefficient (Wildman–Crippen LogP) is 0.518. The van der Waals surface area contributed by atoms with E-state index >= 15 is 0 Å². The zero-order chi connectivity index (χ0) is 28.5. The van der Waals surface area contributed by atoms with Crippen LogP contribution in [-0.2, 0) is 32.0 Å². The zero-order valence-electron chi connectivity index (χ0n) is 21.8. The van der Waals surface area contributed by atoms with E-state index in [1.807, 2.05) is 38.1 Å². The van der Waals surface area contributed by atoms with Crippen molar-refractivity contribution >= 4 is 47.2 Å². The van der Waals surface area contributed by atoms with Gasteiger partial charge in [0, 0.05) is 41.2 Å². The number of carboxylic acid groups (broad SMARTS) is 1. The molecule has 2 aromatic heterocycles. The highest BCUT2D eigenvalue weighted by Gasteiger charge is 2.30. The van der Waals surface area contributed by atoms with Crippen LogP contribution in [0.25, 0.3) is 10.9 Å². The van der Waals surface area contributed by atoms with Crippen molar-refractivity contribution in [2.45, 2.75) is 57.3 Å². The monoisotopic (exact) mass is 557 g/mol. The van der Waals surface area contributed by atoms with E-state index in [9.17, 15) is 24.3 Å². The lowest BCUT2D eigenvalue weighted by atomic mass is 10.0. The van der Waals surface area contributed by atoms with Crippen molar-refractivity contribution in [3.05, 3.63) is 54.2 Å². The first kappa shape index (κ1) is 29.7. The summed E-state index contributed by atoms with van der Waals surface area (Å²) >= 11 is 4.20. The molecule has 4 unspecified atom stereocenters. The Balaban J connectivity index is 1.67. The number of aliphatic carboxylic acids is 1. The van der Waals surface area contributed by atoms with Crippen LogP contribution in [0.4, 0.5) is 0 Å². The number of nitrogens with zero attached hydrogens (tertiary/aromatic N) is 1. The van der Waals surface area contributed by atoms with Crippen LogP contribution in [0.5, 0.6) is 0 Å². The first-order valence-corrected chi connectivity index (χ1v) is 13.2. The van der Waals surface area contributed by atoms with Gasteiger partial charge in [-0.1, -0.05) is 32.0 Å². The number of nitrogens with one attached hydrogen (secondary N) is 5. The number of aromatic nitrogens is 3. The van der Waals surface area contributed by atoms with E-state index in [1.165, 1.54) is 12.5 Å². The third-order valence-electron chi connectivity index (χ3n) is 6.20. The quantitative estimate of drug-likeness (QED) is 0.132. The summed E-state index contributed by atoms with van der Waals surface area (Å²) in [5, 5.41) is 18.2. The normalized spacial score (nSPS) is 14.4. The van der Waals surface area contributed by atoms with Crippen molar-refractivity contribution in [1.82, 2.24) is 30.9 Å². The van der Waals surface area contributed by atoms with E-state index in [0.29, 0.717) is 5.69 Å². The summed E-state index contributed by atoms with van der Waals surface area (Å²) in [5.41, 5.74) is 8.50. The van der Waals surface area contributed by atoms with Crippen LogP contribution in [0, 0.1) is 5.92 Å². The lowest BCUT2D eigenvalue weighted by molar-refractivity contribution is -0.142. The van der Waals surface area contributed by atoms with Crippen LogP contribution < -0.4 is 21.7 Å². The second kappa shape index (κ2) is 13.8. The number of rotatable bonds is 14. The van der Waals surface area contributed by atoms with Gasteiger partial charge >= 0.3 is 5.97 Å². The van der Waals surface area contributed by atoms with Gasteiger partial charge in [-0.25, -0.2) is 9.78 Å². The molecule has 1 aromatic carbocycles. The van der Waals surface area contributed by atoms with Gasteiger partial charge in [-0.15, -0.1) is 0 Å². The van der Waals surface area contributed by atoms with Crippen LogP contribution in [0.1, 0.15) is 31.5 Å². The molecule has 8 N–H and O–H groups in total. The van der Waals surface area contributed by atoms with Crippen LogP contribution in [0.3, 0.4) is 0 Å². The third kappa shape index (κ3) is 8.32. The Morgan fingerprint density at radius 3 is 2.28 bits per heavy atom. The number of imidazole rings is 1. The molecule has 3 amide bonds. The summed E-state index contributed by atoms with van der Waals surface area (Å²) in [6, 6.07) is 3.36. The summed E-state index contributed by atoms with van der Waals surface area (Å²) in [6.45, 7) is 3.68. The number of carboxylic acids is 1. The van der Waals surface area contributed by atoms with E-state index in [-0.39, 0.29) is 30.9 Å². The Labute approximate surface area is 231 Å². The van der Waals surface area contributed by atoms with Crippen LogP contribution in [-0.4, -0.2) is 73.7 Å². The van der Waals surface area contributed by atoms with E-state index < -0.39 is 47.9 Å².